The number of hydrogen-bond acceptors (Lipinski definition) is 2. The molecule has 74 valence electrons. The molecule has 0 aliphatic rings. The molecule has 0 rings (SSSR count). The summed E-state index contributed by atoms with van der Waals surface area (Å²) in [6.07, 6.45) is 3.44. The Kier molecular flexibility index (Phi) is 9.90. The Bertz CT molecular complexity index is 244. The second-order valence-corrected chi connectivity index (χ2v) is 4.01. The van der Waals surface area contributed by atoms with Gasteiger partial charge in [0.1, 0.15) is 0 Å². The van der Waals surface area contributed by atoms with Crippen molar-refractivity contribution >= 4 is 39.7 Å². The zero-order valence-electron chi connectivity index (χ0n) is 7.58. The molecule has 0 amide bonds. The SMILES string of the molecule is CCCCC(=CS(=O)(=O)O)CC.[NaH]. The summed E-state index contributed by atoms with van der Waals surface area (Å²) in [6, 6.07) is 0. The van der Waals surface area contributed by atoms with Crippen LogP contribution in [0, 0.1) is 0 Å². The number of allylic oxidation sites excluding steroid dienone is 1. The summed E-state index contributed by atoms with van der Waals surface area (Å²) < 4.78 is 29.4. The van der Waals surface area contributed by atoms with E-state index in [9.17, 15) is 8.42 Å². The van der Waals surface area contributed by atoms with Crippen molar-refractivity contribution in [3.05, 3.63) is 11.0 Å². The van der Waals surface area contributed by atoms with Crippen molar-refractivity contribution in [3.63, 3.8) is 0 Å². The van der Waals surface area contributed by atoms with Gasteiger partial charge in [0.2, 0.25) is 0 Å². The summed E-state index contributed by atoms with van der Waals surface area (Å²) in [5.41, 5.74) is 0.791. The number of unbranched alkanes of at least 4 members (excludes halogenated alkanes) is 1. The standard InChI is InChI=1S/C8H16O3S.Na.H/c1-3-5-6-8(4-2)7-12(9,10)11;;/h7H,3-6H2,1-2H3,(H,9,10,11);;. The van der Waals surface area contributed by atoms with Crippen LogP contribution >= 0.6 is 0 Å². The van der Waals surface area contributed by atoms with Gasteiger partial charge in [-0.15, -0.1) is 0 Å². The maximum atomic E-state index is 10.4. The monoisotopic (exact) mass is 216 g/mol. The molecule has 0 spiro atoms. The average Bonchev–Trinajstić information content (AvgIpc) is 1.95. The molecule has 5 heteroatoms. The van der Waals surface area contributed by atoms with Crippen LogP contribution in [0.1, 0.15) is 39.5 Å². The molecule has 13 heavy (non-hydrogen) atoms. The molecule has 0 aromatic rings. The molecule has 0 bridgehead atoms. The van der Waals surface area contributed by atoms with Gasteiger partial charge in [-0.05, 0) is 19.3 Å². The summed E-state index contributed by atoms with van der Waals surface area (Å²) >= 11 is 0. The fourth-order valence-corrected chi connectivity index (χ4v) is 1.64. The molecule has 3 nitrogen and oxygen atoms in total. The Balaban J connectivity index is 0. The maximum absolute atomic E-state index is 10.4. The Morgan fingerprint density at radius 1 is 1.38 bits per heavy atom. The van der Waals surface area contributed by atoms with Crippen molar-refractivity contribution < 1.29 is 13.0 Å². The van der Waals surface area contributed by atoms with E-state index < -0.39 is 10.1 Å². The van der Waals surface area contributed by atoms with Gasteiger partial charge >= 0.3 is 29.6 Å². The molecule has 0 fully saturated rings. The molecule has 0 atom stereocenters. The van der Waals surface area contributed by atoms with E-state index in [0.29, 0.717) is 6.42 Å². The van der Waals surface area contributed by atoms with Gasteiger partial charge in [-0.1, -0.05) is 25.8 Å². The van der Waals surface area contributed by atoms with Crippen LogP contribution < -0.4 is 0 Å². The summed E-state index contributed by atoms with van der Waals surface area (Å²) in [7, 11) is -3.93. The second-order valence-electron chi connectivity index (χ2n) is 2.75. The summed E-state index contributed by atoms with van der Waals surface area (Å²) in [6.45, 7) is 3.92. The average molecular weight is 216 g/mol. The van der Waals surface area contributed by atoms with Gasteiger partial charge < -0.3 is 0 Å². The minimum absolute atomic E-state index is 0. The van der Waals surface area contributed by atoms with Crippen LogP contribution in [0.3, 0.4) is 0 Å². The van der Waals surface area contributed by atoms with Crippen molar-refractivity contribution in [1.29, 1.82) is 0 Å². The third-order valence-electron chi connectivity index (χ3n) is 1.62. The van der Waals surface area contributed by atoms with Crippen LogP contribution in [0.4, 0.5) is 0 Å². The molecule has 0 saturated heterocycles. The Morgan fingerprint density at radius 3 is 2.23 bits per heavy atom. The fraction of sp³-hybridized carbons (Fsp3) is 0.750. The normalized spacial score (nSPS) is 12.4. The van der Waals surface area contributed by atoms with E-state index in [1.54, 1.807) is 0 Å². The van der Waals surface area contributed by atoms with Gasteiger partial charge in [0.25, 0.3) is 10.1 Å². The van der Waals surface area contributed by atoms with E-state index in [2.05, 4.69) is 0 Å². The quantitative estimate of drug-likeness (QED) is 0.562. The molecule has 0 aromatic heterocycles. The van der Waals surface area contributed by atoms with E-state index in [1.165, 1.54) is 0 Å². The number of hydrogen-bond donors (Lipinski definition) is 1. The van der Waals surface area contributed by atoms with Crippen LogP contribution in [0.5, 0.6) is 0 Å². The van der Waals surface area contributed by atoms with Crippen molar-refractivity contribution in [1.82, 2.24) is 0 Å². The number of rotatable bonds is 5. The van der Waals surface area contributed by atoms with Gasteiger partial charge in [0.15, 0.2) is 0 Å². The molecular weight excluding hydrogens is 199 g/mol. The summed E-state index contributed by atoms with van der Waals surface area (Å²) in [5.74, 6) is 0. The van der Waals surface area contributed by atoms with Crippen molar-refractivity contribution in [2.24, 2.45) is 0 Å². The fourth-order valence-electron chi connectivity index (χ4n) is 0.933. The van der Waals surface area contributed by atoms with Crippen LogP contribution in [0.2, 0.25) is 0 Å². The topological polar surface area (TPSA) is 54.4 Å². The van der Waals surface area contributed by atoms with Crippen molar-refractivity contribution in [3.8, 4) is 0 Å². The van der Waals surface area contributed by atoms with Crippen LogP contribution in [-0.4, -0.2) is 42.5 Å². The predicted molar refractivity (Wildman–Crippen MR) is 56.6 cm³/mol. The van der Waals surface area contributed by atoms with Gasteiger partial charge in [0.05, 0.1) is 5.41 Å². The third-order valence-corrected chi connectivity index (χ3v) is 2.25. The molecule has 0 unspecified atom stereocenters. The Morgan fingerprint density at radius 2 is 1.92 bits per heavy atom. The Hall–Kier alpha value is 0.650. The van der Waals surface area contributed by atoms with Gasteiger partial charge in [0, 0.05) is 0 Å². The molecule has 0 aliphatic carbocycles. The molecular formula is C8H17NaO3S. The third kappa shape index (κ3) is 10.6. The molecule has 0 aromatic carbocycles. The summed E-state index contributed by atoms with van der Waals surface area (Å²) in [4.78, 5) is 0. The molecule has 0 aliphatic heterocycles. The predicted octanol–water partition coefficient (Wildman–Crippen LogP) is 1.71. The van der Waals surface area contributed by atoms with Crippen LogP contribution in [-0.2, 0) is 10.1 Å². The molecule has 0 heterocycles. The molecule has 1 N–H and O–H groups in total. The minimum atomic E-state index is -3.93. The summed E-state index contributed by atoms with van der Waals surface area (Å²) in [5, 5.41) is 0.961. The molecule has 0 saturated carbocycles. The first-order valence-corrected chi connectivity index (χ1v) is 5.66. The van der Waals surface area contributed by atoms with Gasteiger partial charge in [-0.25, -0.2) is 0 Å². The zero-order chi connectivity index (χ0) is 9.61. The molecule has 0 radical (unpaired) electrons. The van der Waals surface area contributed by atoms with Crippen molar-refractivity contribution in [2.75, 3.05) is 0 Å². The van der Waals surface area contributed by atoms with Gasteiger partial charge in [-0.2, -0.15) is 8.42 Å². The van der Waals surface area contributed by atoms with Gasteiger partial charge in [-0.3, -0.25) is 4.55 Å². The first-order chi connectivity index (χ1) is 5.49. The van der Waals surface area contributed by atoms with E-state index in [-0.39, 0.29) is 29.6 Å². The van der Waals surface area contributed by atoms with E-state index >= 15 is 0 Å². The zero-order valence-corrected chi connectivity index (χ0v) is 8.39. The van der Waals surface area contributed by atoms with E-state index in [4.69, 9.17) is 4.55 Å². The second kappa shape index (κ2) is 8.00. The first kappa shape index (κ1) is 16.1. The van der Waals surface area contributed by atoms with E-state index in [0.717, 1.165) is 30.2 Å². The van der Waals surface area contributed by atoms with Crippen LogP contribution in [0.25, 0.3) is 0 Å². The van der Waals surface area contributed by atoms with Crippen LogP contribution in [0.15, 0.2) is 11.0 Å². The van der Waals surface area contributed by atoms with Crippen molar-refractivity contribution in [2.45, 2.75) is 39.5 Å². The first-order valence-electron chi connectivity index (χ1n) is 4.16. The Labute approximate surface area is 103 Å². The van der Waals surface area contributed by atoms with E-state index in [1.807, 2.05) is 13.8 Å².